The summed E-state index contributed by atoms with van der Waals surface area (Å²) in [5.74, 6) is -0.658. The van der Waals surface area contributed by atoms with Crippen LogP contribution in [0.1, 0.15) is 142 Å². The lowest BCUT2D eigenvalue weighted by molar-refractivity contribution is -0.137. The Labute approximate surface area is 169 Å². The van der Waals surface area contributed by atoms with Crippen molar-refractivity contribution in [2.45, 2.75) is 148 Å². The molecular formula is C24H48O3. The number of hydrogen-bond acceptors (Lipinski definition) is 2. The molecule has 0 aliphatic rings. The predicted octanol–water partition coefficient (Wildman–Crippen LogP) is 7.64. The predicted molar refractivity (Wildman–Crippen MR) is 116 cm³/mol. The van der Waals surface area contributed by atoms with Crippen molar-refractivity contribution in [2.75, 3.05) is 0 Å². The molecule has 0 aliphatic heterocycles. The summed E-state index contributed by atoms with van der Waals surface area (Å²) in [6.07, 6.45) is 25.6. The molecule has 0 heterocycles. The van der Waals surface area contributed by atoms with Gasteiger partial charge in [0.1, 0.15) is 0 Å². The minimum atomic E-state index is -0.658. The number of aliphatic hydroxyl groups is 1. The average molecular weight is 385 g/mol. The van der Waals surface area contributed by atoms with Crippen LogP contribution in [0.3, 0.4) is 0 Å². The molecule has 0 saturated carbocycles. The van der Waals surface area contributed by atoms with Gasteiger partial charge in [0.2, 0.25) is 0 Å². The van der Waals surface area contributed by atoms with Crippen LogP contribution in [-0.2, 0) is 4.79 Å². The van der Waals surface area contributed by atoms with Crippen molar-refractivity contribution in [1.29, 1.82) is 0 Å². The van der Waals surface area contributed by atoms with Gasteiger partial charge in [0.05, 0.1) is 6.10 Å². The van der Waals surface area contributed by atoms with Crippen LogP contribution >= 0.6 is 0 Å². The zero-order chi connectivity index (χ0) is 20.0. The quantitative estimate of drug-likeness (QED) is 0.188. The van der Waals surface area contributed by atoms with Crippen molar-refractivity contribution in [3.05, 3.63) is 0 Å². The van der Waals surface area contributed by atoms with E-state index >= 15 is 0 Å². The van der Waals surface area contributed by atoms with E-state index < -0.39 is 5.97 Å². The second-order valence-corrected chi connectivity index (χ2v) is 8.36. The first kappa shape index (κ1) is 26.4. The Morgan fingerprint density at radius 2 is 0.889 bits per heavy atom. The van der Waals surface area contributed by atoms with Gasteiger partial charge in [-0.1, -0.05) is 116 Å². The molecule has 162 valence electrons. The van der Waals surface area contributed by atoms with Crippen molar-refractivity contribution >= 4 is 5.97 Å². The molecule has 0 rings (SSSR count). The Bertz CT molecular complexity index is 304. The first-order chi connectivity index (χ1) is 13.2. The fourth-order valence-electron chi connectivity index (χ4n) is 3.69. The van der Waals surface area contributed by atoms with Gasteiger partial charge in [0, 0.05) is 6.42 Å². The minimum Gasteiger partial charge on any atom is -0.481 e. The molecule has 0 saturated heterocycles. The lowest BCUT2D eigenvalue weighted by atomic mass is 10.0. The normalized spacial score (nSPS) is 12.4. The molecule has 0 bridgehead atoms. The molecule has 3 heteroatoms. The molecule has 0 spiro atoms. The van der Waals surface area contributed by atoms with Crippen LogP contribution in [0.5, 0.6) is 0 Å². The number of rotatable bonds is 22. The van der Waals surface area contributed by atoms with E-state index in [-0.39, 0.29) is 6.10 Å². The van der Waals surface area contributed by atoms with Gasteiger partial charge in [-0.25, -0.2) is 0 Å². The molecule has 0 fully saturated rings. The number of carboxylic acid groups (broad SMARTS) is 1. The summed E-state index contributed by atoms with van der Waals surface area (Å²) in [7, 11) is 0. The monoisotopic (exact) mass is 384 g/mol. The summed E-state index contributed by atoms with van der Waals surface area (Å²) in [5.41, 5.74) is 0. The van der Waals surface area contributed by atoms with E-state index in [1.165, 1.54) is 103 Å². The Kier molecular flexibility index (Phi) is 21.3. The van der Waals surface area contributed by atoms with E-state index in [1.807, 2.05) is 0 Å². The summed E-state index contributed by atoms with van der Waals surface area (Å²) in [5, 5.41) is 18.1. The molecular weight excluding hydrogens is 336 g/mol. The molecule has 0 aromatic carbocycles. The van der Waals surface area contributed by atoms with Crippen molar-refractivity contribution in [3.63, 3.8) is 0 Å². The van der Waals surface area contributed by atoms with Crippen molar-refractivity contribution in [1.82, 2.24) is 0 Å². The largest absolute Gasteiger partial charge is 0.481 e. The molecule has 0 aromatic rings. The molecule has 1 atom stereocenters. The first-order valence-electron chi connectivity index (χ1n) is 12.1. The van der Waals surface area contributed by atoms with Crippen molar-refractivity contribution in [2.24, 2.45) is 0 Å². The second-order valence-electron chi connectivity index (χ2n) is 8.36. The van der Waals surface area contributed by atoms with Gasteiger partial charge in [-0.15, -0.1) is 0 Å². The van der Waals surface area contributed by atoms with E-state index in [1.54, 1.807) is 0 Å². The minimum absolute atomic E-state index is 0.0690. The molecule has 0 radical (unpaired) electrons. The summed E-state index contributed by atoms with van der Waals surface area (Å²) in [4.78, 5) is 10.4. The molecule has 3 nitrogen and oxygen atoms in total. The smallest absolute Gasteiger partial charge is 0.303 e. The van der Waals surface area contributed by atoms with E-state index in [2.05, 4.69) is 6.92 Å². The van der Waals surface area contributed by atoms with Crippen molar-refractivity contribution < 1.29 is 15.0 Å². The lowest BCUT2D eigenvalue weighted by Gasteiger charge is -2.06. The number of carboxylic acids is 1. The topological polar surface area (TPSA) is 57.5 Å². The van der Waals surface area contributed by atoms with Crippen LogP contribution in [0.4, 0.5) is 0 Å². The lowest BCUT2D eigenvalue weighted by Crippen LogP contribution is -2.03. The van der Waals surface area contributed by atoms with Crippen LogP contribution in [0.15, 0.2) is 0 Å². The average Bonchev–Trinajstić information content (AvgIpc) is 2.65. The maximum atomic E-state index is 10.4. The summed E-state index contributed by atoms with van der Waals surface area (Å²) in [6.45, 7) is 2.06. The van der Waals surface area contributed by atoms with E-state index in [0.717, 1.165) is 25.7 Å². The summed E-state index contributed by atoms with van der Waals surface area (Å²) < 4.78 is 0. The van der Waals surface area contributed by atoms with Gasteiger partial charge in [0.15, 0.2) is 0 Å². The fraction of sp³-hybridized carbons (Fsp3) is 0.958. The van der Waals surface area contributed by atoms with Crippen LogP contribution in [0.25, 0.3) is 0 Å². The SMILES string of the molecule is CC[C@H](O)CCCCCCCCCCCCCCCCCCCCC(=O)O. The third kappa shape index (κ3) is 23.4. The molecule has 0 unspecified atom stereocenters. The second kappa shape index (κ2) is 21.7. The third-order valence-electron chi connectivity index (χ3n) is 5.65. The first-order valence-corrected chi connectivity index (χ1v) is 12.1. The Morgan fingerprint density at radius 3 is 1.19 bits per heavy atom. The highest BCUT2D eigenvalue weighted by molar-refractivity contribution is 5.66. The van der Waals surface area contributed by atoms with Gasteiger partial charge >= 0.3 is 5.97 Å². The number of aliphatic carboxylic acids is 1. The van der Waals surface area contributed by atoms with E-state index in [4.69, 9.17) is 5.11 Å². The van der Waals surface area contributed by atoms with Gasteiger partial charge in [0.25, 0.3) is 0 Å². The molecule has 27 heavy (non-hydrogen) atoms. The zero-order valence-electron chi connectivity index (χ0n) is 18.2. The standard InChI is InChI=1S/C24H48O3/c1-2-23(25)21-19-17-15-13-11-9-7-5-3-4-6-8-10-12-14-16-18-20-22-24(26)27/h23,25H,2-22H2,1H3,(H,26,27)/t23-/m0/s1. The van der Waals surface area contributed by atoms with Crippen LogP contribution in [0, 0.1) is 0 Å². The van der Waals surface area contributed by atoms with Crippen molar-refractivity contribution in [3.8, 4) is 0 Å². The molecule has 0 aliphatic carbocycles. The summed E-state index contributed by atoms with van der Waals surface area (Å²) in [6, 6.07) is 0. The Hall–Kier alpha value is -0.570. The Balaban J connectivity index is 3.02. The van der Waals surface area contributed by atoms with Gasteiger partial charge < -0.3 is 10.2 Å². The maximum absolute atomic E-state index is 10.4. The summed E-state index contributed by atoms with van der Waals surface area (Å²) >= 11 is 0. The highest BCUT2D eigenvalue weighted by atomic mass is 16.4. The molecule has 0 amide bonds. The third-order valence-corrected chi connectivity index (χ3v) is 5.65. The van der Waals surface area contributed by atoms with Crippen LogP contribution in [0.2, 0.25) is 0 Å². The number of aliphatic hydroxyl groups excluding tert-OH is 1. The number of hydrogen-bond donors (Lipinski definition) is 2. The fourth-order valence-corrected chi connectivity index (χ4v) is 3.69. The number of unbranched alkanes of at least 4 members (excludes halogenated alkanes) is 17. The van der Waals surface area contributed by atoms with Crippen LogP contribution in [-0.4, -0.2) is 22.3 Å². The Morgan fingerprint density at radius 1 is 0.593 bits per heavy atom. The van der Waals surface area contributed by atoms with Crippen LogP contribution < -0.4 is 0 Å². The van der Waals surface area contributed by atoms with E-state index in [9.17, 15) is 9.90 Å². The maximum Gasteiger partial charge on any atom is 0.303 e. The molecule has 2 N–H and O–H groups in total. The molecule has 0 aromatic heterocycles. The zero-order valence-corrected chi connectivity index (χ0v) is 18.2. The van der Waals surface area contributed by atoms with Gasteiger partial charge in [-0.3, -0.25) is 4.79 Å². The van der Waals surface area contributed by atoms with Gasteiger partial charge in [-0.05, 0) is 19.3 Å². The number of carbonyl (C=O) groups is 1. The highest BCUT2D eigenvalue weighted by Crippen LogP contribution is 2.15. The van der Waals surface area contributed by atoms with Gasteiger partial charge in [-0.2, -0.15) is 0 Å². The van der Waals surface area contributed by atoms with E-state index in [0.29, 0.717) is 6.42 Å². The highest BCUT2D eigenvalue weighted by Gasteiger charge is 2.00.